The van der Waals surface area contributed by atoms with Crippen LogP contribution in [0.5, 0.6) is 0 Å². The molecule has 0 atom stereocenters. The lowest BCUT2D eigenvalue weighted by atomic mass is 9.99. The smallest absolute Gasteiger partial charge is 0.161 e. The van der Waals surface area contributed by atoms with Crippen molar-refractivity contribution < 1.29 is 0 Å². The monoisotopic (exact) mass is 705 g/mol. The molecule has 11 aromatic rings. The SMILES string of the molecule is c1ccc(N(c2ccc3ccccc3c2)c2cc3sc4c(-c5nc(-c6ccc7ccccc7c6)c6ccccc6n5)cccc4c3c3ccccc23)cc1. The molecule has 2 aromatic heterocycles. The molecule has 0 radical (unpaired) electrons. The third kappa shape index (κ3) is 4.96. The Bertz CT molecular complexity index is 3240. The predicted octanol–water partition coefficient (Wildman–Crippen LogP) is 14.3. The number of nitrogens with zero attached hydrogens (tertiary/aromatic N) is 3. The van der Waals surface area contributed by atoms with Crippen LogP contribution in [0.25, 0.3) is 86.0 Å². The molecule has 0 aliphatic carbocycles. The summed E-state index contributed by atoms with van der Waals surface area (Å²) in [6.07, 6.45) is 0. The molecule has 0 bridgehead atoms. The van der Waals surface area contributed by atoms with E-state index in [0.29, 0.717) is 0 Å². The zero-order valence-corrected chi connectivity index (χ0v) is 30.0. The molecular weight excluding hydrogens is 675 g/mol. The minimum absolute atomic E-state index is 0.737. The highest BCUT2D eigenvalue weighted by Gasteiger charge is 2.22. The van der Waals surface area contributed by atoms with E-state index in [-0.39, 0.29) is 0 Å². The van der Waals surface area contributed by atoms with Crippen LogP contribution in [-0.2, 0) is 0 Å². The van der Waals surface area contributed by atoms with Gasteiger partial charge in [-0.15, -0.1) is 11.3 Å². The van der Waals surface area contributed by atoms with Crippen molar-refractivity contribution in [2.45, 2.75) is 0 Å². The molecule has 11 rings (SSSR count). The number of aromatic nitrogens is 2. The Kier molecular flexibility index (Phi) is 7.04. The van der Waals surface area contributed by atoms with Gasteiger partial charge in [-0.3, -0.25) is 0 Å². The quantitative estimate of drug-likeness (QED) is 0.178. The summed E-state index contributed by atoms with van der Waals surface area (Å²) in [6, 6.07) is 67.3. The number of hydrogen-bond donors (Lipinski definition) is 0. The van der Waals surface area contributed by atoms with Crippen molar-refractivity contribution in [1.29, 1.82) is 0 Å². The first-order valence-electron chi connectivity index (χ1n) is 18.2. The van der Waals surface area contributed by atoms with Crippen molar-refractivity contribution in [3.8, 4) is 22.6 Å². The van der Waals surface area contributed by atoms with Crippen LogP contribution in [-0.4, -0.2) is 9.97 Å². The summed E-state index contributed by atoms with van der Waals surface area (Å²) >= 11 is 1.82. The van der Waals surface area contributed by atoms with Crippen molar-refractivity contribution in [2.75, 3.05) is 4.90 Å². The van der Waals surface area contributed by atoms with Gasteiger partial charge in [0.05, 0.1) is 16.9 Å². The number of para-hydroxylation sites is 2. The van der Waals surface area contributed by atoms with Crippen molar-refractivity contribution in [2.24, 2.45) is 0 Å². The summed E-state index contributed by atoms with van der Waals surface area (Å²) in [5.41, 5.74) is 7.39. The van der Waals surface area contributed by atoms with Gasteiger partial charge in [-0.05, 0) is 75.5 Å². The second kappa shape index (κ2) is 12.4. The largest absolute Gasteiger partial charge is 0.310 e. The molecular formula is C50H31N3S. The number of benzene rings is 9. The lowest BCUT2D eigenvalue weighted by Gasteiger charge is -2.27. The highest BCUT2D eigenvalue weighted by atomic mass is 32.1. The molecule has 4 heteroatoms. The Morgan fingerprint density at radius 3 is 1.89 bits per heavy atom. The lowest BCUT2D eigenvalue weighted by molar-refractivity contribution is 1.24. The zero-order chi connectivity index (χ0) is 35.6. The van der Waals surface area contributed by atoms with E-state index in [1.807, 2.05) is 11.3 Å². The second-order valence-corrected chi connectivity index (χ2v) is 14.8. The molecule has 0 spiro atoms. The molecule has 0 fully saturated rings. The number of anilines is 3. The van der Waals surface area contributed by atoms with Gasteiger partial charge in [0.1, 0.15) is 0 Å². The van der Waals surface area contributed by atoms with Crippen molar-refractivity contribution >= 4 is 91.8 Å². The molecule has 0 aliphatic rings. The summed E-state index contributed by atoms with van der Waals surface area (Å²) in [7, 11) is 0. The van der Waals surface area contributed by atoms with Crippen LogP contribution in [0.15, 0.2) is 188 Å². The van der Waals surface area contributed by atoms with Gasteiger partial charge >= 0.3 is 0 Å². The first-order valence-corrected chi connectivity index (χ1v) is 19.1. The first kappa shape index (κ1) is 30.7. The molecule has 0 saturated carbocycles. The van der Waals surface area contributed by atoms with Gasteiger partial charge in [-0.2, -0.15) is 0 Å². The Hall–Kier alpha value is -6.88. The number of hydrogen-bond acceptors (Lipinski definition) is 4. The van der Waals surface area contributed by atoms with Crippen LogP contribution < -0.4 is 4.90 Å². The third-order valence-electron chi connectivity index (χ3n) is 10.6. The van der Waals surface area contributed by atoms with Gasteiger partial charge in [0.15, 0.2) is 5.82 Å². The Balaban J connectivity index is 1.15. The maximum Gasteiger partial charge on any atom is 0.161 e. The molecule has 54 heavy (non-hydrogen) atoms. The van der Waals surface area contributed by atoms with Gasteiger partial charge in [-0.25, -0.2) is 9.97 Å². The van der Waals surface area contributed by atoms with Crippen LogP contribution in [0.2, 0.25) is 0 Å². The van der Waals surface area contributed by atoms with Crippen LogP contribution in [0.4, 0.5) is 17.1 Å². The Morgan fingerprint density at radius 2 is 1.07 bits per heavy atom. The fraction of sp³-hybridized carbons (Fsp3) is 0. The van der Waals surface area contributed by atoms with Crippen LogP contribution in [0.3, 0.4) is 0 Å². The summed E-state index contributed by atoms with van der Waals surface area (Å²) in [4.78, 5) is 13.0. The Morgan fingerprint density at radius 1 is 0.426 bits per heavy atom. The molecule has 2 heterocycles. The molecule has 252 valence electrons. The highest BCUT2D eigenvalue weighted by molar-refractivity contribution is 7.26. The molecule has 3 nitrogen and oxygen atoms in total. The minimum Gasteiger partial charge on any atom is -0.310 e. The lowest BCUT2D eigenvalue weighted by Crippen LogP contribution is -2.10. The van der Waals surface area contributed by atoms with E-state index >= 15 is 0 Å². The highest BCUT2D eigenvalue weighted by Crippen LogP contribution is 2.48. The fourth-order valence-corrected chi connectivity index (χ4v) is 9.34. The predicted molar refractivity (Wildman–Crippen MR) is 230 cm³/mol. The number of thiophene rings is 1. The normalized spacial score (nSPS) is 11.7. The van der Waals surface area contributed by atoms with E-state index in [9.17, 15) is 0 Å². The fourth-order valence-electron chi connectivity index (χ4n) is 8.08. The summed E-state index contributed by atoms with van der Waals surface area (Å²) in [6.45, 7) is 0. The van der Waals surface area contributed by atoms with E-state index in [2.05, 4.69) is 193 Å². The average Bonchev–Trinajstić information content (AvgIpc) is 3.62. The van der Waals surface area contributed by atoms with Crippen molar-refractivity contribution in [1.82, 2.24) is 9.97 Å². The van der Waals surface area contributed by atoms with Crippen molar-refractivity contribution in [3.05, 3.63) is 188 Å². The Labute approximate surface area is 316 Å². The summed E-state index contributed by atoms with van der Waals surface area (Å²) in [5, 5.41) is 10.8. The molecule has 0 aliphatic heterocycles. The zero-order valence-electron chi connectivity index (χ0n) is 29.1. The molecule has 0 amide bonds. The van der Waals surface area contributed by atoms with Crippen molar-refractivity contribution in [3.63, 3.8) is 0 Å². The molecule has 0 unspecified atom stereocenters. The van der Waals surface area contributed by atoms with E-state index < -0.39 is 0 Å². The average molecular weight is 706 g/mol. The second-order valence-electron chi connectivity index (χ2n) is 13.8. The summed E-state index contributed by atoms with van der Waals surface area (Å²) in [5.74, 6) is 0.737. The minimum atomic E-state index is 0.737. The number of rotatable bonds is 5. The van der Waals surface area contributed by atoms with Crippen LogP contribution in [0.1, 0.15) is 0 Å². The van der Waals surface area contributed by atoms with Gasteiger partial charge in [-0.1, -0.05) is 140 Å². The van der Waals surface area contributed by atoms with E-state index in [0.717, 1.165) is 50.6 Å². The maximum absolute atomic E-state index is 5.37. The van der Waals surface area contributed by atoms with Crippen LogP contribution >= 0.6 is 11.3 Å². The molecule has 0 N–H and O–H groups in total. The topological polar surface area (TPSA) is 29.0 Å². The van der Waals surface area contributed by atoms with Gasteiger partial charge in [0.2, 0.25) is 0 Å². The molecule has 9 aromatic carbocycles. The summed E-state index contributed by atoms with van der Waals surface area (Å²) < 4.78 is 2.41. The maximum atomic E-state index is 5.37. The van der Waals surface area contributed by atoms with Gasteiger partial charge in [0, 0.05) is 53.4 Å². The van der Waals surface area contributed by atoms with Gasteiger partial charge < -0.3 is 4.90 Å². The van der Waals surface area contributed by atoms with Crippen LogP contribution in [0, 0.1) is 0 Å². The van der Waals surface area contributed by atoms with Gasteiger partial charge in [0.25, 0.3) is 0 Å². The molecule has 0 saturated heterocycles. The first-order chi connectivity index (χ1) is 26.8. The van der Waals surface area contributed by atoms with E-state index in [1.165, 1.54) is 52.5 Å². The van der Waals surface area contributed by atoms with E-state index in [1.54, 1.807) is 0 Å². The standard InChI is InChI=1S/C50H31N3S/c1-2-17-37(18-3-1)53(38-28-27-33-14-5-7-16-35(33)30-38)45-31-46-47(40-20-9-8-19-39(40)45)42-22-12-23-43(49(42)54-46)50-51-44-24-11-10-21-41(44)48(52-50)36-26-25-32-13-4-6-15-34(32)29-36/h1-31H. The van der Waals surface area contributed by atoms with E-state index in [4.69, 9.17) is 9.97 Å². The number of fused-ring (bicyclic) bond motifs is 8. The third-order valence-corrected chi connectivity index (χ3v) is 11.8.